The predicted molar refractivity (Wildman–Crippen MR) is 82.1 cm³/mol. The van der Waals surface area contributed by atoms with E-state index in [1.54, 1.807) is 0 Å². The van der Waals surface area contributed by atoms with Crippen LogP contribution in [-0.2, 0) is 6.54 Å². The SMILES string of the molecule is CCCOc1cccc(NCCn2cc(C)cn2)c1N. The number of nitrogens with zero attached hydrogens (tertiary/aromatic N) is 2. The van der Waals surface area contributed by atoms with Crippen LogP contribution in [-0.4, -0.2) is 22.9 Å². The average Bonchev–Trinajstić information content (AvgIpc) is 2.85. The van der Waals surface area contributed by atoms with Gasteiger partial charge in [-0.05, 0) is 31.0 Å². The molecular weight excluding hydrogens is 252 g/mol. The third-order valence-electron chi connectivity index (χ3n) is 2.95. The summed E-state index contributed by atoms with van der Waals surface area (Å²) in [5.74, 6) is 0.742. The highest BCUT2D eigenvalue weighted by molar-refractivity contribution is 5.72. The molecule has 0 unspecified atom stereocenters. The maximum absolute atomic E-state index is 6.10. The molecule has 0 fully saturated rings. The molecule has 1 aromatic heterocycles. The van der Waals surface area contributed by atoms with E-state index in [1.165, 1.54) is 5.56 Å². The molecule has 0 saturated carbocycles. The second-order valence-corrected chi connectivity index (χ2v) is 4.77. The lowest BCUT2D eigenvalue weighted by Crippen LogP contribution is -2.12. The first-order valence-corrected chi connectivity index (χ1v) is 6.95. The second kappa shape index (κ2) is 6.84. The molecule has 5 heteroatoms. The van der Waals surface area contributed by atoms with Crippen molar-refractivity contribution in [1.82, 2.24) is 9.78 Å². The van der Waals surface area contributed by atoms with Crippen LogP contribution >= 0.6 is 0 Å². The van der Waals surface area contributed by atoms with Crippen molar-refractivity contribution in [2.45, 2.75) is 26.8 Å². The van der Waals surface area contributed by atoms with Gasteiger partial charge in [-0.15, -0.1) is 0 Å². The zero-order chi connectivity index (χ0) is 14.4. The number of rotatable bonds is 7. The molecule has 2 rings (SSSR count). The number of benzene rings is 1. The number of hydrogen-bond donors (Lipinski definition) is 2. The number of para-hydroxylation sites is 1. The Labute approximate surface area is 119 Å². The molecule has 108 valence electrons. The number of nitrogen functional groups attached to an aromatic ring is 1. The van der Waals surface area contributed by atoms with Crippen molar-refractivity contribution >= 4 is 11.4 Å². The van der Waals surface area contributed by atoms with Gasteiger partial charge >= 0.3 is 0 Å². The molecule has 5 nitrogen and oxygen atoms in total. The highest BCUT2D eigenvalue weighted by atomic mass is 16.5. The number of nitrogens with two attached hydrogens (primary N) is 1. The minimum absolute atomic E-state index is 0.664. The van der Waals surface area contributed by atoms with E-state index >= 15 is 0 Å². The Morgan fingerprint density at radius 2 is 2.25 bits per heavy atom. The van der Waals surface area contributed by atoms with Crippen molar-refractivity contribution < 1.29 is 4.74 Å². The van der Waals surface area contributed by atoms with E-state index in [2.05, 4.69) is 17.3 Å². The van der Waals surface area contributed by atoms with Gasteiger partial charge in [-0.1, -0.05) is 13.0 Å². The lowest BCUT2D eigenvalue weighted by molar-refractivity contribution is 0.319. The predicted octanol–water partition coefficient (Wildman–Crippen LogP) is 2.67. The molecule has 0 atom stereocenters. The number of nitrogens with one attached hydrogen (secondary N) is 1. The normalized spacial score (nSPS) is 10.5. The third kappa shape index (κ3) is 3.66. The second-order valence-electron chi connectivity index (χ2n) is 4.77. The molecule has 1 aromatic carbocycles. The Balaban J connectivity index is 1.92. The summed E-state index contributed by atoms with van der Waals surface area (Å²) in [6.07, 6.45) is 4.84. The molecule has 0 aliphatic heterocycles. The molecule has 3 N–H and O–H groups in total. The first kappa shape index (κ1) is 14.2. The summed E-state index contributed by atoms with van der Waals surface area (Å²) < 4.78 is 7.52. The standard InChI is InChI=1S/C15H22N4O/c1-3-9-20-14-6-4-5-13(15(14)16)17-7-8-19-11-12(2)10-18-19/h4-6,10-11,17H,3,7-9,16H2,1-2H3. The van der Waals surface area contributed by atoms with Crippen LogP contribution < -0.4 is 15.8 Å². The van der Waals surface area contributed by atoms with Gasteiger partial charge in [0.15, 0.2) is 0 Å². The van der Waals surface area contributed by atoms with Crippen molar-refractivity contribution in [1.29, 1.82) is 0 Å². The van der Waals surface area contributed by atoms with Gasteiger partial charge in [0.1, 0.15) is 5.75 Å². The molecule has 0 aliphatic rings. The van der Waals surface area contributed by atoms with Crippen molar-refractivity contribution in [3.05, 3.63) is 36.2 Å². The van der Waals surface area contributed by atoms with Crippen LogP contribution in [0.25, 0.3) is 0 Å². The average molecular weight is 274 g/mol. The summed E-state index contributed by atoms with van der Waals surface area (Å²) in [4.78, 5) is 0. The first-order valence-electron chi connectivity index (χ1n) is 6.95. The summed E-state index contributed by atoms with van der Waals surface area (Å²) in [6.45, 7) is 6.35. The number of aromatic nitrogens is 2. The Morgan fingerprint density at radius 3 is 2.95 bits per heavy atom. The summed E-state index contributed by atoms with van der Waals surface area (Å²) in [5.41, 5.74) is 8.83. The molecule has 0 amide bonds. The van der Waals surface area contributed by atoms with Crippen LogP contribution in [0.5, 0.6) is 5.75 Å². The maximum Gasteiger partial charge on any atom is 0.144 e. The van der Waals surface area contributed by atoms with Gasteiger partial charge in [-0.25, -0.2) is 0 Å². The fourth-order valence-corrected chi connectivity index (χ4v) is 1.93. The summed E-state index contributed by atoms with van der Waals surface area (Å²) in [6, 6.07) is 5.80. The summed E-state index contributed by atoms with van der Waals surface area (Å²) in [7, 11) is 0. The lowest BCUT2D eigenvalue weighted by atomic mass is 10.2. The molecule has 0 saturated heterocycles. The van der Waals surface area contributed by atoms with Crippen LogP contribution in [0.1, 0.15) is 18.9 Å². The van der Waals surface area contributed by atoms with Crippen molar-refractivity contribution in [3.63, 3.8) is 0 Å². The fourth-order valence-electron chi connectivity index (χ4n) is 1.93. The molecule has 20 heavy (non-hydrogen) atoms. The Hall–Kier alpha value is -2.17. The van der Waals surface area contributed by atoms with Gasteiger partial charge in [0.05, 0.1) is 30.7 Å². The number of aryl methyl sites for hydroxylation is 1. The molecule has 0 spiro atoms. The topological polar surface area (TPSA) is 65.1 Å². The van der Waals surface area contributed by atoms with E-state index in [0.29, 0.717) is 12.3 Å². The maximum atomic E-state index is 6.10. The van der Waals surface area contributed by atoms with Gasteiger partial charge in [0.2, 0.25) is 0 Å². The minimum Gasteiger partial charge on any atom is -0.491 e. The van der Waals surface area contributed by atoms with Crippen LogP contribution in [0.4, 0.5) is 11.4 Å². The molecular formula is C15H22N4O. The largest absolute Gasteiger partial charge is 0.491 e. The van der Waals surface area contributed by atoms with Crippen LogP contribution in [0.15, 0.2) is 30.6 Å². The Morgan fingerprint density at radius 1 is 1.40 bits per heavy atom. The van der Waals surface area contributed by atoms with Crippen LogP contribution in [0.3, 0.4) is 0 Å². The first-order chi connectivity index (χ1) is 9.70. The van der Waals surface area contributed by atoms with E-state index in [4.69, 9.17) is 10.5 Å². The van der Waals surface area contributed by atoms with Gasteiger partial charge in [0, 0.05) is 12.7 Å². The van der Waals surface area contributed by atoms with Gasteiger partial charge in [-0.2, -0.15) is 5.10 Å². The minimum atomic E-state index is 0.664. The van der Waals surface area contributed by atoms with E-state index in [9.17, 15) is 0 Å². The van der Waals surface area contributed by atoms with Gasteiger partial charge in [-0.3, -0.25) is 4.68 Å². The fraction of sp³-hybridized carbons (Fsp3) is 0.400. The Kier molecular flexibility index (Phi) is 4.87. The van der Waals surface area contributed by atoms with Crippen molar-refractivity contribution in [2.75, 3.05) is 24.2 Å². The molecule has 0 radical (unpaired) electrons. The van der Waals surface area contributed by atoms with Crippen LogP contribution in [0, 0.1) is 6.92 Å². The third-order valence-corrected chi connectivity index (χ3v) is 2.95. The zero-order valence-corrected chi connectivity index (χ0v) is 12.1. The zero-order valence-electron chi connectivity index (χ0n) is 12.1. The van der Waals surface area contributed by atoms with Gasteiger partial charge < -0.3 is 15.8 Å². The molecule has 2 aromatic rings. The smallest absolute Gasteiger partial charge is 0.144 e. The van der Waals surface area contributed by atoms with Crippen molar-refractivity contribution in [2.24, 2.45) is 0 Å². The molecule has 0 bridgehead atoms. The van der Waals surface area contributed by atoms with E-state index in [1.807, 2.05) is 42.2 Å². The van der Waals surface area contributed by atoms with Crippen LogP contribution in [0.2, 0.25) is 0 Å². The number of ether oxygens (including phenoxy) is 1. The highest BCUT2D eigenvalue weighted by Gasteiger charge is 2.05. The monoisotopic (exact) mass is 274 g/mol. The highest BCUT2D eigenvalue weighted by Crippen LogP contribution is 2.29. The van der Waals surface area contributed by atoms with Gasteiger partial charge in [0.25, 0.3) is 0 Å². The Bertz CT molecular complexity index is 551. The summed E-state index contributed by atoms with van der Waals surface area (Å²) in [5, 5.41) is 7.57. The van der Waals surface area contributed by atoms with Crippen molar-refractivity contribution in [3.8, 4) is 5.75 Å². The number of anilines is 2. The number of hydrogen-bond acceptors (Lipinski definition) is 4. The van der Waals surface area contributed by atoms with E-state index < -0.39 is 0 Å². The quantitative estimate of drug-likeness (QED) is 0.762. The molecule has 1 heterocycles. The lowest BCUT2D eigenvalue weighted by Gasteiger charge is -2.13. The van der Waals surface area contributed by atoms with E-state index in [0.717, 1.165) is 30.9 Å². The van der Waals surface area contributed by atoms with E-state index in [-0.39, 0.29) is 0 Å². The molecule has 0 aliphatic carbocycles. The summed E-state index contributed by atoms with van der Waals surface area (Å²) >= 11 is 0.